The van der Waals surface area contributed by atoms with Gasteiger partial charge in [-0.1, -0.05) is 0 Å². The summed E-state index contributed by atoms with van der Waals surface area (Å²) in [5.41, 5.74) is 0.220. The number of hydrogen-bond donors (Lipinski definition) is 0. The number of benzene rings is 1. The standard InChI is InChI=1S/C10H11NO5S.K/c1-7(12)11(8(2)13)9-3-5-10(6-4-9)17(14,15)16;/h3-6H,1-2H3,(H,14,15,16);/q;+1/p-1. The van der Waals surface area contributed by atoms with Crippen LogP contribution in [0.3, 0.4) is 0 Å². The summed E-state index contributed by atoms with van der Waals surface area (Å²) < 4.78 is 32.0. The SMILES string of the molecule is CC(=O)N(C(C)=O)c1ccc(S(=O)(=O)[O-])cc1.[K+]. The molecule has 92 valence electrons. The van der Waals surface area contributed by atoms with E-state index in [4.69, 9.17) is 0 Å². The van der Waals surface area contributed by atoms with E-state index >= 15 is 0 Å². The quantitative estimate of drug-likeness (QED) is 0.444. The van der Waals surface area contributed by atoms with Crippen LogP contribution in [0.15, 0.2) is 29.2 Å². The largest absolute Gasteiger partial charge is 1.00 e. The number of hydrogen-bond acceptors (Lipinski definition) is 5. The third-order valence-corrected chi connectivity index (χ3v) is 2.86. The molecule has 0 fully saturated rings. The van der Waals surface area contributed by atoms with Crippen molar-refractivity contribution in [2.24, 2.45) is 0 Å². The Kier molecular flexibility index (Phi) is 6.86. The molecule has 2 amide bonds. The zero-order chi connectivity index (χ0) is 13.2. The summed E-state index contributed by atoms with van der Waals surface area (Å²) in [5, 5.41) is 0. The maximum Gasteiger partial charge on any atom is 1.00 e. The Morgan fingerprint density at radius 3 is 1.72 bits per heavy atom. The Labute approximate surface area is 148 Å². The third-order valence-electron chi connectivity index (χ3n) is 2.01. The van der Waals surface area contributed by atoms with E-state index in [1.165, 1.54) is 26.0 Å². The van der Waals surface area contributed by atoms with Gasteiger partial charge in [-0.3, -0.25) is 14.5 Å². The maximum atomic E-state index is 11.2. The average Bonchev–Trinajstić information content (AvgIpc) is 2.15. The number of carbonyl (C=O) groups is 2. The first kappa shape index (κ1) is 17.9. The van der Waals surface area contributed by atoms with Crippen LogP contribution in [0.1, 0.15) is 13.8 Å². The van der Waals surface area contributed by atoms with Crippen LogP contribution in [0.5, 0.6) is 0 Å². The zero-order valence-electron chi connectivity index (χ0n) is 10.2. The van der Waals surface area contributed by atoms with E-state index in [2.05, 4.69) is 0 Å². The molecule has 0 unspecified atom stereocenters. The predicted molar refractivity (Wildman–Crippen MR) is 58.2 cm³/mol. The van der Waals surface area contributed by atoms with Gasteiger partial charge in [-0.25, -0.2) is 8.42 Å². The van der Waals surface area contributed by atoms with Crippen LogP contribution >= 0.6 is 0 Å². The van der Waals surface area contributed by atoms with E-state index in [1.807, 2.05) is 0 Å². The van der Waals surface area contributed by atoms with Gasteiger partial charge in [-0.15, -0.1) is 0 Å². The third kappa shape index (κ3) is 4.54. The molecule has 0 bridgehead atoms. The van der Waals surface area contributed by atoms with Crippen LogP contribution < -0.4 is 56.3 Å². The van der Waals surface area contributed by atoms with Gasteiger partial charge in [0.15, 0.2) is 0 Å². The van der Waals surface area contributed by atoms with E-state index in [1.54, 1.807) is 0 Å². The van der Waals surface area contributed by atoms with Crippen LogP contribution in [-0.2, 0) is 19.7 Å². The van der Waals surface area contributed by atoms with E-state index in [9.17, 15) is 22.6 Å². The summed E-state index contributed by atoms with van der Waals surface area (Å²) in [6.07, 6.45) is 0. The minimum absolute atomic E-state index is 0. The van der Waals surface area contributed by atoms with Crippen LogP contribution in [-0.4, -0.2) is 24.8 Å². The van der Waals surface area contributed by atoms with Crippen LogP contribution in [0.2, 0.25) is 0 Å². The fraction of sp³-hybridized carbons (Fsp3) is 0.200. The van der Waals surface area contributed by atoms with Gasteiger partial charge in [0, 0.05) is 13.8 Å². The number of amides is 2. The summed E-state index contributed by atoms with van der Waals surface area (Å²) in [5.74, 6) is -0.981. The van der Waals surface area contributed by atoms with E-state index in [0.29, 0.717) is 0 Å². The summed E-state index contributed by atoms with van der Waals surface area (Å²) >= 11 is 0. The van der Waals surface area contributed by atoms with Gasteiger partial charge in [0.05, 0.1) is 10.6 Å². The molecular weight excluding hydrogens is 285 g/mol. The zero-order valence-corrected chi connectivity index (χ0v) is 14.1. The molecule has 1 rings (SSSR count). The number of carbonyl (C=O) groups excluding carboxylic acids is 2. The molecule has 0 aliphatic carbocycles. The molecule has 0 spiro atoms. The number of imide groups is 1. The minimum Gasteiger partial charge on any atom is -0.744 e. The first-order valence-electron chi connectivity index (χ1n) is 4.60. The van der Waals surface area contributed by atoms with Crippen LogP contribution in [0.25, 0.3) is 0 Å². The molecule has 18 heavy (non-hydrogen) atoms. The summed E-state index contributed by atoms with van der Waals surface area (Å²) in [6.45, 7) is 2.42. The normalized spacial score (nSPS) is 10.4. The molecule has 0 aliphatic rings. The summed E-state index contributed by atoms with van der Waals surface area (Å²) in [4.78, 5) is 22.9. The van der Waals surface area contributed by atoms with Gasteiger partial charge in [0.1, 0.15) is 10.1 Å². The topological polar surface area (TPSA) is 94.6 Å². The van der Waals surface area contributed by atoms with E-state index in [0.717, 1.165) is 17.0 Å². The molecule has 1 aromatic rings. The van der Waals surface area contributed by atoms with Crippen molar-refractivity contribution in [3.05, 3.63) is 24.3 Å². The van der Waals surface area contributed by atoms with Gasteiger partial charge in [-0.05, 0) is 24.3 Å². The first-order valence-corrected chi connectivity index (χ1v) is 6.01. The molecule has 0 heterocycles. The first-order chi connectivity index (χ1) is 7.73. The van der Waals surface area contributed by atoms with Gasteiger partial charge >= 0.3 is 51.4 Å². The fourth-order valence-corrected chi connectivity index (χ4v) is 1.82. The van der Waals surface area contributed by atoms with Crippen molar-refractivity contribution in [3.8, 4) is 0 Å². The molecule has 0 radical (unpaired) electrons. The Morgan fingerprint density at radius 1 is 1.06 bits per heavy atom. The predicted octanol–water partition coefficient (Wildman–Crippen LogP) is -2.51. The van der Waals surface area contributed by atoms with Crippen molar-refractivity contribution in [2.75, 3.05) is 4.90 Å². The number of rotatable bonds is 2. The second kappa shape index (κ2) is 6.90. The number of nitrogens with zero attached hydrogens (tertiary/aromatic N) is 1. The van der Waals surface area contributed by atoms with E-state index < -0.39 is 26.8 Å². The van der Waals surface area contributed by atoms with Crippen molar-refractivity contribution in [1.82, 2.24) is 0 Å². The van der Waals surface area contributed by atoms with Crippen molar-refractivity contribution >= 4 is 27.6 Å². The second-order valence-corrected chi connectivity index (χ2v) is 4.70. The molecule has 8 heteroatoms. The average molecular weight is 295 g/mol. The van der Waals surface area contributed by atoms with E-state index in [-0.39, 0.29) is 57.1 Å². The molecular formula is C10H10KNO5S. The molecule has 0 saturated heterocycles. The molecule has 0 atom stereocenters. The van der Waals surface area contributed by atoms with Gasteiger partial charge in [0.2, 0.25) is 11.8 Å². The molecule has 1 aromatic carbocycles. The molecule has 0 saturated carbocycles. The molecule has 6 nitrogen and oxygen atoms in total. The van der Waals surface area contributed by atoms with Gasteiger partial charge in [-0.2, -0.15) is 0 Å². The Morgan fingerprint density at radius 2 is 1.44 bits per heavy atom. The Hall–Kier alpha value is -0.0936. The van der Waals surface area contributed by atoms with Crippen molar-refractivity contribution in [3.63, 3.8) is 0 Å². The van der Waals surface area contributed by atoms with Gasteiger partial charge < -0.3 is 4.55 Å². The second-order valence-electron chi connectivity index (χ2n) is 3.32. The van der Waals surface area contributed by atoms with Crippen LogP contribution in [0.4, 0.5) is 5.69 Å². The minimum atomic E-state index is -4.52. The maximum absolute atomic E-state index is 11.2. The number of anilines is 1. The van der Waals surface area contributed by atoms with Crippen molar-refractivity contribution < 1.29 is 73.9 Å². The smallest absolute Gasteiger partial charge is 0.744 e. The summed E-state index contributed by atoms with van der Waals surface area (Å²) in [6, 6.07) is 4.56. The fourth-order valence-electron chi connectivity index (χ4n) is 1.35. The molecule has 0 aromatic heterocycles. The van der Waals surface area contributed by atoms with Crippen LogP contribution in [0, 0.1) is 0 Å². The monoisotopic (exact) mass is 295 g/mol. The molecule has 0 aliphatic heterocycles. The molecule has 0 N–H and O–H groups in total. The Balaban J connectivity index is 0.00000289. The Bertz CT molecular complexity index is 538. The van der Waals surface area contributed by atoms with Gasteiger partial charge in [0.25, 0.3) is 0 Å². The van der Waals surface area contributed by atoms with Crippen molar-refractivity contribution in [1.29, 1.82) is 0 Å². The summed E-state index contributed by atoms with van der Waals surface area (Å²) in [7, 11) is -4.52. The van der Waals surface area contributed by atoms with Crippen molar-refractivity contribution in [2.45, 2.75) is 18.7 Å².